The van der Waals surface area contributed by atoms with Gasteiger partial charge in [-0.15, -0.1) is 0 Å². The number of fused-ring (bicyclic) bond motifs is 1. The Balaban J connectivity index is 2.03. The molecule has 2 aromatic heterocycles. The van der Waals surface area contributed by atoms with Crippen LogP contribution in [0.4, 0.5) is 5.88 Å². The van der Waals surface area contributed by atoms with E-state index in [4.69, 9.17) is 27.6 Å². The highest BCUT2D eigenvalue weighted by Crippen LogP contribution is 2.25. The summed E-state index contributed by atoms with van der Waals surface area (Å²) < 4.78 is 5.02. The number of carbonyl (C=O) groups excluding carboxylic acids is 1. The van der Waals surface area contributed by atoms with Crippen LogP contribution in [0, 0.1) is 10.1 Å². The van der Waals surface area contributed by atoms with Crippen molar-refractivity contribution in [2.45, 2.75) is 0 Å². The van der Waals surface area contributed by atoms with Gasteiger partial charge in [0.2, 0.25) is 0 Å². The lowest BCUT2D eigenvalue weighted by Crippen LogP contribution is -1.95. The molecule has 0 saturated carbocycles. The SMILES string of the molecule is O=C(Cl)c1cc(C=Cc2ccc([N+](=O)[O-])o2)nc2cc(Cl)ccc12. The highest BCUT2D eigenvalue weighted by Gasteiger charge is 2.12. The Morgan fingerprint density at radius 1 is 1.21 bits per heavy atom. The molecule has 0 aliphatic rings. The van der Waals surface area contributed by atoms with Crippen molar-refractivity contribution in [2.24, 2.45) is 0 Å². The van der Waals surface area contributed by atoms with Crippen molar-refractivity contribution < 1.29 is 14.1 Å². The van der Waals surface area contributed by atoms with Crippen molar-refractivity contribution >= 4 is 57.4 Å². The third kappa shape index (κ3) is 3.29. The predicted molar refractivity (Wildman–Crippen MR) is 91.2 cm³/mol. The summed E-state index contributed by atoms with van der Waals surface area (Å²) in [5.74, 6) is -0.0713. The van der Waals surface area contributed by atoms with Crippen LogP contribution in [0.25, 0.3) is 23.1 Å². The Morgan fingerprint density at radius 3 is 2.67 bits per heavy atom. The number of hydrogen-bond acceptors (Lipinski definition) is 5. The molecule has 0 aliphatic heterocycles. The minimum absolute atomic E-state index is 0.286. The average Bonchev–Trinajstić information content (AvgIpc) is 3.00. The molecule has 6 nitrogen and oxygen atoms in total. The van der Waals surface area contributed by atoms with Crippen molar-refractivity contribution in [3.05, 3.63) is 68.6 Å². The van der Waals surface area contributed by atoms with Crippen LogP contribution in [0.15, 0.2) is 40.8 Å². The van der Waals surface area contributed by atoms with Crippen molar-refractivity contribution in [1.29, 1.82) is 0 Å². The maximum atomic E-state index is 11.6. The second-order valence-corrected chi connectivity index (χ2v) is 5.58. The maximum Gasteiger partial charge on any atom is 0.433 e. The van der Waals surface area contributed by atoms with Gasteiger partial charge in [-0.25, -0.2) is 4.98 Å². The van der Waals surface area contributed by atoms with Crippen LogP contribution in [-0.2, 0) is 0 Å². The molecule has 0 atom stereocenters. The zero-order chi connectivity index (χ0) is 17.3. The first-order valence-electron chi connectivity index (χ1n) is 6.66. The van der Waals surface area contributed by atoms with Gasteiger partial charge >= 0.3 is 5.88 Å². The zero-order valence-corrected chi connectivity index (χ0v) is 13.4. The molecule has 0 fully saturated rings. The number of halogens is 2. The number of aromatic nitrogens is 1. The molecule has 3 aromatic rings. The van der Waals surface area contributed by atoms with E-state index in [0.29, 0.717) is 27.2 Å². The Kier molecular flexibility index (Phi) is 4.33. The molecular formula is C16H8Cl2N2O4. The van der Waals surface area contributed by atoms with Gasteiger partial charge < -0.3 is 4.42 Å². The lowest BCUT2D eigenvalue weighted by molar-refractivity contribution is -0.402. The summed E-state index contributed by atoms with van der Waals surface area (Å²) >= 11 is 11.6. The smallest absolute Gasteiger partial charge is 0.401 e. The molecule has 1 aromatic carbocycles. The minimum atomic E-state index is -0.627. The predicted octanol–water partition coefficient (Wildman–Crippen LogP) is 4.94. The molecule has 2 heterocycles. The summed E-state index contributed by atoms with van der Waals surface area (Å²) in [5.41, 5.74) is 1.25. The summed E-state index contributed by atoms with van der Waals surface area (Å²) in [7, 11) is 0. The molecule has 0 radical (unpaired) electrons. The number of benzene rings is 1. The fourth-order valence-electron chi connectivity index (χ4n) is 2.17. The largest absolute Gasteiger partial charge is 0.433 e. The van der Waals surface area contributed by atoms with E-state index in [1.54, 1.807) is 24.3 Å². The number of rotatable bonds is 4. The summed E-state index contributed by atoms with van der Waals surface area (Å²) in [4.78, 5) is 26.0. The van der Waals surface area contributed by atoms with E-state index in [2.05, 4.69) is 4.98 Å². The fourth-order valence-corrected chi connectivity index (χ4v) is 2.49. The minimum Gasteiger partial charge on any atom is -0.401 e. The Labute approximate surface area is 145 Å². The summed E-state index contributed by atoms with van der Waals surface area (Å²) in [6.07, 6.45) is 3.07. The van der Waals surface area contributed by atoms with Gasteiger partial charge in [-0.1, -0.05) is 17.7 Å². The molecule has 0 spiro atoms. The number of carbonyl (C=O) groups is 1. The Bertz CT molecular complexity index is 995. The van der Waals surface area contributed by atoms with Gasteiger partial charge in [-0.2, -0.15) is 0 Å². The van der Waals surface area contributed by atoms with Crippen LogP contribution in [0.5, 0.6) is 0 Å². The van der Waals surface area contributed by atoms with Gasteiger partial charge in [0.05, 0.1) is 17.3 Å². The van der Waals surface area contributed by atoms with E-state index < -0.39 is 10.2 Å². The van der Waals surface area contributed by atoms with Crippen molar-refractivity contribution in [3.63, 3.8) is 0 Å². The van der Waals surface area contributed by atoms with E-state index >= 15 is 0 Å². The van der Waals surface area contributed by atoms with Gasteiger partial charge in [-0.05, 0) is 48.0 Å². The quantitative estimate of drug-likeness (QED) is 0.372. The van der Waals surface area contributed by atoms with Crippen LogP contribution in [0.1, 0.15) is 21.8 Å². The van der Waals surface area contributed by atoms with E-state index in [-0.39, 0.29) is 11.6 Å². The third-order valence-electron chi connectivity index (χ3n) is 3.21. The van der Waals surface area contributed by atoms with Gasteiger partial charge in [-0.3, -0.25) is 14.9 Å². The Hall–Kier alpha value is -2.70. The molecule has 24 heavy (non-hydrogen) atoms. The highest BCUT2D eigenvalue weighted by atomic mass is 35.5. The van der Waals surface area contributed by atoms with Crippen LogP contribution >= 0.6 is 23.2 Å². The van der Waals surface area contributed by atoms with Crippen LogP contribution in [-0.4, -0.2) is 15.1 Å². The van der Waals surface area contributed by atoms with Crippen molar-refractivity contribution in [3.8, 4) is 0 Å². The third-order valence-corrected chi connectivity index (χ3v) is 3.65. The number of pyridine rings is 1. The number of hydrogen-bond donors (Lipinski definition) is 0. The number of furan rings is 1. The van der Waals surface area contributed by atoms with Gasteiger partial charge in [0.25, 0.3) is 5.24 Å². The number of nitrogens with zero attached hydrogens (tertiary/aromatic N) is 2. The van der Waals surface area contributed by atoms with Gasteiger partial charge in [0.1, 0.15) is 10.7 Å². The topological polar surface area (TPSA) is 86.2 Å². The van der Waals surface area contributed by atoms with Crippen LogP contribution in [0.3, 0.4) is 0 Å². The number of nitro groups is 1. The molecule has 3 rings (SSSR count). The van der Waals surface area contributed by atoms with Crippen molar-refractivity contribution in [2.75, 3.05) is 0 Å². The zero-order valence-electron chi connectivity index (χ0n) is 11.9. The molecule has 0 amide bonds. The molecule has 0 bridgehead atoms. The molecule has 0 unspecified atom stereocenters. The fraction of sp³-hybridized carbons (Fsp3) is 0. The van der Waals surface area contributed by atoms with E-state index in [9.17, 15) is 14.9 Å². The summed E-state index contributed by atoms with van der Waals surface area (Å²) in [6.45, 7) is 0. The molecule has 8 heteroatoms. The second-order valence-electron chi connectivity index (χ2n) is 4.80. The first-order chi connectivity index (χ1) is 11.4. The summed E-state index contributed by atoms with van der Waals surface area (Å²) in [6, 6.07) is 9.17. The van der Waals surface area contributed by atoms with Crippen LogP contribution in [0.2, 0.25) is 5.02 Å². The molecule has 120 valence electrons. The second kappa shape index (κ2) is 6.43. The molecule has 0 aliphatic carbocycles. The van der Waals surface area contributed by atoms with Crippen molar-refractivity contribution in [1.82, 2.24) is 4.98 Å². The van der Waals surface area contributed by atoms with E-state index in [0.717, 1.165) is 0 Å². The first kappa shape index (κ1) is 16.2. The Morgan fingerprint density at radius 2 is 2.00 bits per heavy atom. The molecule has 0 N–H and O–H groups in total. The van der Waals surface area contributed by atoms with Gasteiger partial charge in [0, 0.05) is 16.0 Å². The maximum absolute atomic E-state index is 11.6. The first-order valence-corrected chi connectivity index (χ1v) is 7.42. The monoisotopic (exact) mass is 362 g/mol. The lowest BCUT2D eigenvalue weighted by Gasteiger charge is -2.04. The summed E-state index contributed by atoms with van der Waals surface area (Å²) in [5, 5.41) is 11.0. The highest BCUT2D eigenvalue weighted by molar-refractivity contribution is 6.68. The molecular weight excluding hydrogens is 355 g/mol. The lowest BCUT2D eigenvalue weighted by atomic mass is 10.1. The van der Waals surface area contributed by atoms with Gasteiger partial charge in [0.15, 0.2) is 0 Å². The standard InChI is InChI=1S/C16H8Cl2N2O4/c17-9-1-5-12-13(16(18)21)8-10(19-14(12)7-9)2-3-11-4-6-15(24-11)20(22)23/h1-8H. The average molecular weight is 363 g/mol. The normalized spacial score (nSPS) is 11.2. The van der Waals surface area contributed by atoms with E-state index in [1.165, 1.54) is 24.3 Å². The molecule has 0 saturated heterocycles. The van der Waals surface area contributed by atoms with E-state index in [1.807, 2.05) is 0 Å². The van der Waals surface area contributed by atoms with Crippen LogP contribution < -0.4 is 0 Å².